The van der Waals surface area contributed by atoms with Gasteiger partial charge in [-0.1, -0.05) is 68.8 Å². The van der Waals surface area contributed by atoms with Gasteiger partial charge in [0.05, 0.1) is 0 Å². The molecule has 0 saturated carbocycles. The Morgan fingerprint density at radius 2 is 1.56 bits per heavy atom. The predicted octanol–water partition coefficient (Wildman–Crippen LogP) is 3.92. The molecule has 32 heavy (non-hydrogen) atoms. The summed E-state index contributed by atoms with van der Waals surface area (Å²) in [6.45, 7) is 4.10. The Kier molecular flexibility index (Phi) is 7.87. The number of amides is 2. The van der Waals surface area contributed by atoms with Crippen molar-refractivity contribution < 1.29 is 24.2 Å². The number of carbonyl (C=O) groups excluding carboxylic acids is 2. The second-order valence-electron chi connectivity index (χ2n) is 8.05. The summed E-state index contributed by atoms with van der Waals surface area (Å²) in [5.74, 6) is -1.44. The van der Waals surface area contributed by atoms with Gasteiger partial charge >= 0.3 is 12.1 Å². The minimum Gasteiger partial charge on any atom is -0.481 e. The van der Waals surface area contributed by atoms with E-state index in [9.17, 15) is 14.4 Å². The van der Waals surface area contributed by atoms with E-state index in [0.29, 0.717) is 12.8 Å². The van der Waals surface area contributed by atoms with Gasteiger partial charge in [-0.25, -0.2) is 4.79 Å². The van der Waals surface area contributed by atoms with Crippen molar-refractivity contribution >= 4 is 18.0 Å². The maximum Gasteiger partial charge on any atom is 0.407 e. The van der Waals surface area contributed by atoms with E-state index in [0.717, 1.165) is 22.3 Å². The van der Waals surface area contributed by atoms with E-state index in [2.05, 4.69) is 22.8 Å². The molecule has 7 heteroatoms. The fourth-order valence-electron chi connectivity index (χ4n) is 4.11. The Hall–Kier alpha value is -3.35. The zero-order chi connectivity index (χ0) is 23.1. The number of carbonyl (C=O) groups is 3. The van der Waals surface area contributed by atoms with Crippen molar-refractivity contribution in [3.05, 3.63) is 59.7 Å². The molecule has 2 atom stereocenters. The van der Waals surface area contributed by atoms with Gasteiger partial charge in [-0.3, -0.25) is 9.59 Å². The number of carboxylic acid groups (broad SMARTS) is 1. The number of nitrogens with one attached hydrogen (secondary N) is 2. The van der Waals surface area contributed by atoms with E-state index in [1.54, 1.807) is 6.92 Å². The van der Waals surface area contributed by atoms with Gasteiger partial charge in [-0.15, -0.1) is 0 Å². The van der Waals surface area contributed by atoms with Crippen molar-refractivity contribution in [2.75, 3.05) is 13.2 Å². The zero-order valence-corrected chi connectivity index (χ0v) is 18.5. The minimum atomic E-state index is -0.894. The molecule has 2 aromatic rings. The third-order valence-corrected chi connectivity index (χ3v) is 5.97. The molecule has 0 bridgehead atoms. The largest absolute Gasteiger partial charge is 0.481 e. The SMILES string of the molecule is CCC(CNC(=O)C(CC)NC(=O)OCC1c2ccccc2-c2ccccc21)CC(=O)O. The molecule has 3 rings (SSSR count). The van der Waals surface area contributed by atoms with Crippen molar-refractivity contribution in [1.82, 2.24) is 10.6 Å². The lowest BCUT2D eigenvalue weighted by atomic mass is 9.98. The summed E-state index contributed by atoms with van der Waals surface area (Å²) >= 11 is 0. The van der Waals surface area contributed by atoms with Crippen molar-refractivity contribution in [1.29, 1.82) is 0 Å². The smallest absolute Gasteiger partial charge is 0.407 e. The summed E-state index contributed by atoms with van der Waals surface area (Å²) < 4.78 is 5.51. The average Bonchev–Trinajstić information content (AvgIpc) is 3.12. The summed E-state index contributed by atoms with van der Waals surface area (Å²) in [5, 5.41) is 14.3. The number of hydrogen-bond acceptors (Lipinski definition) is 4. The Bertz CT molecular complexity index is 929. The van der Waals surface area contributed by atoms with Crippen LogP contribution in [0.25, 0.3) is 11.1 Å². The Morgan fingerprint density at radius 1 is 0.969 bits per heavy atom. The highest BCUT2D eigenvalue weighted by atomic mass is 16.5. The van der Waals surface area contributed by atoms with Gasteiger partial charge in [-0.05, 0) is 34.6 Å². The van der Waals surface area contributed by atoms with Crippen molar-refractivity contribution in [3.8, 4) is 11.1 Å². The van der Waals surface area contributed by atoms with Crippen LogP contribution in [0.1, 0.15) is 50.2 Å². The number of ether oxygens (including phenoxy) is 1. The Labute approximate surface area is 188 Å². The van der Waals surface area contributed by atoms with Crippen LogP contribution in [0.3, 0.4) is 0 Å². The van der Waals surface area contributed by atoms with E-state index in [4.69, 9.17) is 9.84 Å². The Morgan fingerprint density at radius 3 is 2.09 bits per heavy atom. The van der Waals surface area contributed by atoms with Gasteiger partial charge < -0.3 is 20.5 Å². The van der Waals surface area contributed by atoms with Crippen LogP contribution in [0.2, 0.25) is 0 Å². The molecule has 2 aromatic carbocycles. The lowest BCUT2D eigenvalue weighted by molar-refractivity contribution is -0.138. The molecule has 0 aliphatic heterocycles. The van der Waals surface area contributed by atoms with Crippen LogP contribution in [0.15, 0.2) is 48.5 Å². The highest BCUT2D eigenvalue weighted by molar-refractivity contribution is 5.85. The summed E-state index contributed by atoms with van der Waals surface area (Å²) in [4.78, 5) is 35.8. The minimum absolute atomic E-state index is 0.00657. The van der Waals surface area contributed by atoms with E-state index in [1.807, 2.05) is 43.3 Å². The zero-order valence-electron chi connectivity index (χ0n) is 18.5. The number of rotatable bonds is 10. The summed E-state index contributed by atoms with van der Waals surface area (Å²) in [5.41, 5.74) is 4.54. The molecule has 7 nitrogen and oxygen atoms in total. The molecule has 3 N–H and O–H groups in total. The standard InChI is InChI=1S/C25H30N2O5/c1-3-16(13-23(28)29)14-26-24(30)22(4-2)27-25(31)32-15-21-19-11-7-5-9-17(19)18-10-6-8-12-20(18)21/h5-12,16,21-22H,3-4,13-15H2,1-2H3,(H,26,30)(H,27,31)(H,28,29). The van der Waals surface area contributed by atoms with Crippen LogP contribution in [0, 0.1) is 5.92 Å². The highest BCUT2D eigenvalue weighted by Gasteiger charge is 2.29. The molecule has 1 aliphatic rings. The first-order chi connectivity index (χ1) is 15.4. The van der Waals surface area contributed by atoms with Crippen LogP contribution < -0.4 is 10.6 Å². The first-order valence-electron chi connectivity index (χ1n) is 11.1. The summed E-state index contributed by atoms with van der Waals surface area (Å²) in [7, 11) is 0. The molecular formula is C25H30N2O5. The number of fused-ring (bicyclic) bond motifs is 3. The fraction of sp³-hybridized carbons (Fsp3) is 0.400. The normalized spacial score (nSPS) is 14.1. The van der Waals surface area contributed by atoms with Crippen LogP contribution in [0.4, 0.5) is 4.79 Å². The quantitative estimate of drug-likeness (QED) is 0.521. The molecule has 0 spiro atoms. The second kappa shape index (κ2) is 10.8. The highest BCUT2D eigenvalue weighted by Crippen LogP contribution is 2.44. The number of benzene rings is 2. The molecule has 0 fully saturated rings. The van der Waals surface area contributed by atoms with Gasteiger partial charge in [0.25, 0.3) is 0 Å². The monoisotopic (exact) mass is 438 g/mol. The predicted molar refractivity (Wildman–Crippen MR) is 121 cm³/mol. The number of aliphatic carboxylic acids is 1. The number of hydrogen-bond donors (Lipinski definition) is 3. The van der Waals surface area contributed by atoms with Gasteiger partial charge in [0.2, 0.25) is 5.91 Å². The van der Waals surface area contributed by atoms with Crippen LogP contribution >= 0.6 is 0 Å². The average molecular weight is 439 g/mol. The van der Waals surface area contributed by atoms with E-state index in [-0.39, 0.29) is 37.3 Å². The van der Waals surface area contributed by atoms with E-state index in [1.165, 1.54) is 0 Å². The fourth-order valence-corrected chi connectivity index (χ4v) is 4.11. The van der Waals surface area contributed by atoms with Gasteiger partial charge in [0.1, 0.15) is 12.6 Å². The lowest BCUT2D eigenvalue weighted by Gasteiger charge is -2.20. The van der Waals surface area contributed by atoms with Crippen molar-refractivity contribution in [2.24, 2.45) is 5.92 Å². The summed E-state index contributed by atoms with van der Waals surface area (Å²) in [6.07, 6.45) is 0.383. The second-order valence-corrected chi connectivity index (χ2v) is 8.05. The maximum atomic E-state index is 12.5. The Balaban J connectivity index is 1.56. The van der Waals surface area contributed by atoms with Crippen LogP contribution in [-0.2, 0) is 14.3 Å². The third-order valence-electron chi connectivity index (χ3n) is 5.97. The van der Waals surface area contributed by atoms with Crippen molar-refractivity contribution in [2.45, 2.75) is 45.1 Å². The van der Waals surface area contributed by atoms with Gasteiger partial charge in [0.15, 0.2) is 0 Å². The number of carboxylic acids is 1. The maximum absolute atomic E-state index is 12.5. The molecule has 0 heterocycles. The van der Waals surface area contributed by atoms with Gasteiger partial charge in [0, 0.05) is 18.9 Å². The summed E-state index contributed by atoms with van der Waals surface area (Å²) in [6, 6.07) is 15.4. The molecule has 0 aromatic heterocycles. The molecule has 0 radical (unpaired) electrons. The first kappa shape index (κ1) is 23.3. The number of alkyl carbamates (subject to hydrolysis) is 1. The van der Waals surface area contributed by atoms with E-state index >= 15 is 0 Å². The van der Waals surface area contributed by atoms with Crippen LogP contribution in [-0.4, -0.2) is 42.3 Å². The molecular weight excluding hydrogens is 408 g/mol. The molecule has 0 saturated heterocycles. The van der Waals surface area contributed by atoms with E-state index < -0.39 is 18.1 Å². The third kappa shape index (κ3) is 5.46. The molecule has 2 amide bonds. The lowest BCUT2D eigenvalue weighted by Crippen LogP contribution is -2.47. The van der Waals surface area contributed by atoms with Gasteiger partial charge in [-0.2, -0.15) is 0 Å². The molecule has 2 unspecified atom stereocenters. The topological polar surface area (TPSA) is 105 Å². The first-order valence-corrected chi connectivity index (χ1v) is 11.1. The molecule has 1 aliphatic carbocycles. The van der Waals surface area contributed by atoms with Crippen LogP contribution in [0.5, 0.6) is 0 Å². The van der Waals surface area contributed by atoms with Crippen molar-refractivity contribution in [3.63, 3.8) is 0 Å². The molecule has 170 valence electrons.